The van der Waals surface area contributed by atoms with E-state index >= 15 is 0 Å². The molecule has 0 amide bonds. The second-order valence-electron chi connectivity index (χ2n) is 4.40. The van der Waals surface area contributed by atoms with E-state index in [0.29, 0.717) is 0 Å². The first-order valence-electron chi connectivity index (χ1n) is 6.13. The largest absolute Gasteiger partial charge is 0.425 e. The van der Waals surface area contributed by atoms with E-state index in [9.17, 15) is 0 Å². The summed E-state index contributed by atoms with van der Waals surface area (Å²) in [5, 5.41) is 0.770. The summed E-state index contributed by atoms with van der Waals surface area (Å²) in [4.78, 5) is 0. The quantitative estimate of drug-likeness (QED) is 0.720. The number of hydrogen-bond acceptors (Lipinski definition) is 2. The fourth-order valence-electron chi connectivity index (χ4n) is 2.19. The summed E-state index contributed by atoms with van der Waals surface area (Å²) in [5.41, 5.74) is 4.12. The summed E-state index contributed by atoms with van der Waals surface area (Å²) < 4.78 is 5.55. The Morgan fingerprint density at radius 2 is 1.95 bits per heavy atom. The summed E-state index contributed by atoms with van der Waals surface area (Å²) in [6.07, 6.45) is 0.939. The SMILES string of the molecule is C=C(c1ccccc1)c1ccc2c(c1Cl)CCSO2. The number of halogens is 1. The predicted molar refractivity (Wildman–Crippen MR) is 82.8 cm³/mol. The van der Waals surface area contributed by atoms with Crippen LogP contribution in [0.5, 0.6) is 5.75 Å². The molecule has 0 atom stereocenters. The minimum absolute atomic E-state index is 0.770. The third-order valence-electron chi connectivity index (χ3n) is 3.23. The number of fused-ring (bicyclic) bond motifs is 1. The van der Waals surface area contributed by atoms with Crippen molar-refractivity contribution in [2.24, 2.45) is 0 Å². The Morgan fingerprint density at radius 3 is 2.74 bits per heavy atom. The second kappa shape index (κ2) is 5.32. The average Bonchev–Trinajstić information content (AvgIpc) is 2.48. The maximum absolute atomic E-state index is 6.52. The molecule has 3 rings (SSSR count). The van der Waals surface area contributed by atoms with Crippen LogP contribution in [0.3, 0.4) is 0 Å². The molecule has 2 aromatic carbocycles. The molecule has 0 unspecified atom stereocenters. The van der Waals surface area contributed by atoms with Gasteiger partial charge in [0.2, 0.25) is 0 Å². The Morgan fingerprint density at radius 1 is 1.16 bits per heavy atom. The van der Waals surface area contributed by atoms with Crippen LogP contribution < -0.4 is 4.18 Å². The standard InChI is InChI=1S/C16H13ClOS/c1-11(12-5-3-2-4-6-12)13-7-8-15-14(16(13)17)9-10-19-18-15/h2-8H,1,9-10H2. The molecule has 1 aliphatic heterocycles. The maximum Gasteiger partial charge on any atom is 0.142 e. The van der Waals surface area contributed by atoms with E-state index in [0.717, 1.165) is 45.2 Å². The van der Waals surface area contributed by atoms with Gasteiger partial charge in [-0.15, -0.1) is 0 Å². The smallest absolute Gasteiger partial charge is 0.142 e. The first-order valence-corrected chi connectivity index (χ1v) is 7.42. The highest BCUT2D eigenvalue weighted by Crippen LogP contribution is 2.39. The lowest BCUT2D eigenvalue weighted by molar-refractivity contribution is 0.621. The highest BCUT2D eigenvalue weighted by Gasteiger charge is 2.18. The van der Waals surface area contributed by atoms with Crippen molar-refractivity contribution in [3.05, 3.63) is 70.8 Å². The van der Waals surface area contributed by atoms with Crippen LogP contribution in [0.25, 0.3) is 5.57 Å². The van der Waals surface area contributed by atoms with Crippen LogP contribution in [0.4, 0.5) is 0 Å². The zero-order valence-electron chi connectivity index (χ0n) is 10.4. The molecule has 0 saturated heterocycles. The molecule has 0 radical (unpaired) electrons. The third-order valence-corrected chi connectivity index (χ3v) is 4.33. The van der Waals surface area contributed by atoms with Crippen LogP contribution in [0.2, 0.25) is 5.02 Å². The fourth-order valence-corrected chi connectivity index (χ4v) is 3.21. The molecular weight excluding hydrogens is 276 g/mol. The van der Waals surface area contributed by atoms with Crippen molar-refractivity contribution in [3.8, 4) is 5.75 Å². The van der Waals surface area contributed by atoms with E-state index in [-0.39, 0.29) is 0 Å². The molecule has 1 heterocycles. The van der Waals surface area contributed by atoms with Crippen molar-refractivity contribution in [2.45, 2.75) is 6.42 Å². The van der Waals surface area contributed by atoms with Crippen molar-refractivity contribution in [2.75, 3.05) is 5.75 Å². The van der Waals surface area contributed by atoms with Crippen LogP contribution >= 0.6 is 23.6 Å². The Hall–Kier alpha value is -1.38. The van der Waals surface area contributed by atoms with Gasteiger partial charge in [-0.2, -0.15) is 0 Å². The van der Waals surface area contributed by atoms with Crippen LogP contribution in [-0.4, -0.2) is 5.75 Å². The zero-order valence-corrected chi connectivity index (χ0v) is 11.9. The van der Waals surface area contributed by atoms with Gasteiger partial charge in [0.05, 0.1) is 17.1 Å². The van der Waals surface area contributed by atoms with Crippen molar-refractivity contribution >= 4 is 29.2 Å². The van der Waals surface area contributed by atoms with Gasteiger partial charge in [0.1, 0.15) is 5.75 Å². The average molecular weight is 289 g/mol. The molecule has 0 aliphatic carbocycles. The van der Waals surface area contributed by atoms with Crippen molar-refractivity contribution < 1.29 is 4.18 Å². The fraction of sp³-hybridized carbons (Fsp3) is 0.125. The molecule has 1 aliphatic rings. The number of benzene rings is 2. The first kappa shape index (κ1) is 12.6. The van der Waals surface area contributed by atoms with Crippen LogP contribution in [0.15, 0.2) is 49.0 Å². The van der Waals surface area contributed by atoms with E-state index in [1.165, 1.54) is 12.0 Å². The number of hydrogen-bond donors (Lipinski definition) is 0. The number of rotatable bonds is 2. The first-order chi connectivity index (χ1) is 9.27. The normalized spacial score (nSPS) is 13.5. The van der Waals surface area contributed by atoms with Crippen LogP contribution in [0, 0.1) is 0 Å². The zero-order chi connectivity index (χ0) is 13.2. The molecule has 2 aromatic rings. The van der Waals surface area contributed by atoms with Gasteiger partial charge in [-0.25, -0.2) is 0 Å². The van der Waals surface area contributed by atoms with Gasteiger partial charge in [-0.05, 0) is 29.7 Å². The van der Waals surface area contributed by atoms with Gasteiger partial charge < -0.3 is 4.18 Å². The lowest BCUT2D eigenvalue weighted by atomic mass is 9.96. The predicted octanol–water partition coefficient (Wildman–Crippen LogP) is 4.98. The minimum Gasteiger partial charge on any atom is -0.425 e. The summed E-state index contributed by atoms with van der Waals surface area (Å²) in [6, 6.07) is 14.1. The van der Waals surface area contributed by atoms with Crippen LogP contribution in [0.1, 0.15) is 16.7 Å². The van der Waals surface area contributed by atoms with Gasteiger partial charge in [-0.1, -0.05) is 48.5 Å². The molecule has 96 valence electrons. The maximum atomic E-state index is 6.52. The highest BCUT2D eigenvalue weighted by molar-refractivity contribution is 7.95. The van der Waals surface area contributed by atoms with Gasteiger partial charge >= 0.3 is 0 Å². The van der Waals surface area contributed by atoms with E-state index < -0.39 is 0 Å². The van der Waals surface area contributed by atoms with E-state index in [2.05, 4.69) is 6.58 Å². The van der Waals surface area contributed by atoms with E-state index in [4.69, 9.17) is 15.8 Å². The Balaban J connectivity index is 2.04. The Bertz CT molecular complexity index is 622. The van der Waals surface area contributed by atoms with Crippen molar-refractivity contribution in [3.63, 3.8) is 0 Å². The van der Waals surface area contributed by atoms with Gasteiger partial charge in [0.25, 0.3) is 0 Å². The molecule has 0 spiro atoms. The summed E-state index contributed by atoms with van der Waals surface area (Å²) in [7, 11) is 0. The molecule has 0 aromatic heterocycles. The summed E-state index contributed by atoms with van der Waals surface area (Å²) >= 11 is 8.00. The van der Waals surface area contributed by atoms with Gasteiger partial charge in [-0.3, -0.25) is 0 Å². The molecule has 0 saturated carbocycles. The lowest BCUT2D eigenvalue weighted by Gasteiger charge is -2.19. The monoisotopic (exact) mass is 288 g/mol. The molecule has 3 heteroatoms. The second-order valence-corrected chi connectivity index (χ2v) is 5.59. The van der Waals surface area contributed by atoms with Crippen molar-refractivity contribution in [1.29, 1.82) is 0 Å². The molecule has 0 N–H and O–H groups in total. The highest BCUT2D eigenvalue weighted by atomic mass is 35.5. The Labute approximate surface area is 122 Å². The molecule has 19 heavy (non-hydrogen) atoms. The van der Waals surface area contributed by atoms with Crippen molar-refractivity contribution in [1.82, 2.24) is 0 Å². The topological polar surface area (TPSA) is 9.23 Å². The minimum atomic E-state index is 0.770. The molecule has 0 fully saturated rings. The van der Waals surface area contributed by atoms with E-state index in [1.807, 2.05) is 42.5 Å². The molecule has 0 bridgehead atoms. The molecular formula is C16H13ClOS. The van der Waals surface area contributed by atoms with Gasteiger partial charge in [0.15, 0.2) is 0 Å². The van der Waals surface area contributed by atoms with Gasteiger partial charge in [0, 0.05) is 16.9 Å². The molecule has 1 nitrogen and oxygen atoms in total. The third kappa shape index (κ3) is 2.38. The summed E-state index contributed by atoms with van der Waals surface area (Å²) in [6.45, 7) is 4.17. The van der Waals surface area contributed by atoms with E-state index in [1.54, 1.807) is 0 Å². The summed E-state index contributed by atoms with van der Waals surface area (Å²) in [5.74, 6) is 1.82. The lowest BCUT2D eigenvalue weighted by Crippen LogP contribution is -2.04. The van der Waals surface area contributed by atoms with Crippen LogP contribution in [-0.2, 0) is 6.42 Å². The Kier molecular flexibility index (Phi) is 3.54.